The molecule has 0 aromatic heterocycles. The van der Waals surface area contributed by atoms with Gasteiger partial charge in [0.05, 0.1) is 0 Å². The Bertz CT molecular complexity index is 329. The molecule has 0 saturated heterocycles. The lowest BCUT2D eigenvalue weighted by atomic mass is 10.3. The van der Waals surface area contributed by atoms with Crippen molar-refractivity contribution >= 4 is 11.6 Å². The quantitative estimate of drug-likeness (QED) is 0.880. The molecule has 6 heteroatoms. The van der Waals surface area contributed by atoms with Crippen LogP contribution in [0.2, 0.25) is 5.02 Å². The minimum Gasteiger partial charge on any atom is -0.492 e. The summed E-state index contributed by atoms with van der Waals surface area (Å²) in [4.78, 5) is 0. The summed E-state index contributed by atoms with van der Waals surface area (Å²) in [5.74, 6) is 0.266. The van der Waals surface area contributed by atoms with Gasteiger partial charge in [0.15, 0.2) is 0 Å². The number of alkyl halides is 3. The van der Waals surface area contributed by atoms with Gasteiger partial charge in [-0.15, -0.1) is 0 Å². The number of halogens is 4. The van der Waals surface area contributed by atoms with Crippen LogP contribution in [0.1, 0.15) is 0 Å². The molecule has 0 saturated carbocycles. The van der Waals surface area contributed by atoms with Gasteiger partial charge >= 0.3 is 6.18 Å². The third kappa shape index (κ3) is 3.97. The minimum atomic E-state index is -4.45. The van der Waals surface area contributed by atoms with Crippen molar-refractivity contribution in [3.63, 3.8) is 0 Å². The highest BCUT2D eigenvalue weighted by Gasteiger charge is 2.37. The summed E-state index contributed by atoms with van der Waals surface area (Å²) in [5.41, 5.74) is 4.85. The topological polar surface area (TPSA) is 35.2 Å². The first kappa shape index (κ1) is 12.1. The van der Waals surface area contributed by atoms with Crippen LogP contribution in [0.3, 0.4) is 0 Å². The molecule has 84 valence electrons. The average Bonchev–Trinajstić information content (AvgIpc) is 2.12. The molecule has 1 unspecified atom stereocenters. The zero-order valence-electron chi connectivity index (χ0n) is 7.59. The number of hydrogen-bond acceptors (Lipinski definition) is 2. The van der Waals surface area contributed by atoms with E-state index < -0.39 is 18.8 Å². The second kappa shape index (κ2) is 4.72. The summed E-state index contributed by atoms with van der Waals surface area (Å²) < 4.78 is 40.8. The summed E-state index contributed by atoms with van der Waals surface area (Å²) in [6.07, 6.45) is -4.45. The van der Waals surface area contributed by atoms with E-state index in [4.69, 9.17) is 22.1 Å². The van der Waals surface area contributed by atoms with E-state index in [-0.39, 0.29) is 5.75 Å². The number of rotatable bonds is 3. The maximum absolute atomic E-state index is 12.0. The first-order chi connectivity index (χ1) is 6.89. The van der Waals surface area contributed by atoms with Crippen molar-refractivity contribution in [1.82, 2.24) is 0 Å². The van der Waals surface area contributed by atoms with Crippen molar-refractivity contribution in [1.29, 1.82) is 0 Å². The Kier molecular flexibility index (Phi) is 3.82. The predicted molar refractivity (Wildman–Crippen MR) is 51.0 cm³/mol. The lowest BCUT2D eigenvalue weighted by molar-refractivity contribution is -0.153. The van der Waals surface area contributed by atoms with Crippen molar-refractivity contribution in [2.24, 2.45) is 5.73 Å². The zero-order chi connectivity index (χ0) is 11.5. The van der Waals surface area contributed by atoms with Gasteiger partial charge in [-0.3, -0.25) is 0 Å². The van der Waals surface area contributed by atoms with Gasteiger partial charge in [-0.1, -0.05) is 17.7 Å². The highest BCUT2D eigenvalue weighted by Crippen LogP contribution is 2.21. The van der Waals surface area contributed by atoms with Gasteiger partial charge in [0.2, 0.25) is 0 Å². The second-order valence-electron chi connectivity index (χ2n) is 2.92. The molecule has 1 aromatic carbocycles. The molecule has 1 rings (SSSR count). The van der Waals surface area contributed by atoms with Crippen molar-refractivity contribution in [2.75, 3.05) is 6.61 Å². The van der Waals surface area contributed by atoms with Gasteiger partial charge in [-0.25, -0.2) is 0 Å². The Morgan fingerprint density at radius 3 is 2.60 bits per heavy atom. The monoisotopic (exact) mass is 239 g/mol. The molecule has 0 spiro atoms. The summed E-state index contributed by atoms with van der Waals surface area (Å²) in [5, 5.41) is 0.396. The fourth-order valence-corrected chi connectivity index (χ4v) is 1.02. The van der Waals surface area contributed by atoms with Crippen LogP contribution in [0.5, 0.6) is 5.75 Å². The van der Waals surface area contributed by atoms with Crippen LogP contribution in [0, 0.1) is 0 Å². The van der Waals surface area contributed by atoms with Crippen LogP contribution in [0.25, 0.3) is 0 Å². The lowest BCUT2D eigenvalue weighted by Gasteiger charge is -2.16. The Labute approximate surface area is 89.8 Å². The van der Waals surface area contributed by atoms with Gasteiger partial charge in [0, 0.05) is 5.02 Å². The fraction of sp³-hybridized carbons (Fsp3) is 0.333. The first-order valence-electron chi connectivity index (χ1n) is 4.10. The third-order valence-electron chi connectivity index (χ3n) is 1.65. The SMILES string of the molecule is NC(COc1cccc(Cl)c1)C(F)(F)F. The first-order valence-corrected chi connectivity index (χ1v) is 4.48. The van der Waals surface area contributed by atoms with Gasteiger partial charge in [0.1, 0.15) is 18.4 Å². The highest BCUT2D eigenvalue weighted by atomic mass is 35.5. The van der Waals surface area contributed by atoms with Crippen LogP contribution in [-0.2, 0) is 0 Å². The van der Waals surface area contributed by atoms with Gasteiger partial charge < -0.3 is 10.5 Å². The number of nitrogens with two attached hydrogens (primary N) is 1. The molecule has 1 aromatic rings. The Hall–Kier alpha value is -0.940. The number of hydrogen-bond donors (Lipinski definition) is 1. The second-order valence-corrected chi connectivity index (χ2v) is 3.35. The van der Waals surface area contributed by atoms with E-state index in [1.807, 2.05) is 0 Å². The molecule has 0 fully saturated rings. The molecule has 2 nitrogen and oxygen atoms in total. The third-order valence-corrected chi connectivity index (χ3v) is 1.88. The Balaban J connectivity index is 2.51. The van der Waals surface area contributed by atoms with Crippen LogP contribution < -0.4 is 10.5 Å². The standard InChI is InChI=1S/C9H9ClF3NO/c10-6-2-1-3-7(4-6)15-5-8(14)9(11,12)13/h1-4,8H,5,14H2. The summed E-state index contributed by atoms with van der Waals surface area (Å²) in [6.45, 7) is -0.621. The van der Waals surface area contributed by atoms with E-state index in [1.54, 1.807) is 12.1 Å². The van der Waals surface area contributed by atoms with Crippen molar-refractivity contribution in [3.8, 4) is 5.75 Å². The predicted octanol–water partition coefficient (Wildman–Crippen LogP) is 2.61. The van der Waals surface area contributed by atoms with Crippen molar-refractivity contribution < 1.29 is 17.9 Å². The van der Waals surface area contributed by atoms with E-state index >= 15 is 0 Å². The molecular weight excluding hydrogens is 231 g/mol. The summed E-state index contributed by atoms with van der Waals surface area (Å²) in [7, 11) is 0. The summed E-state index contributed by atoms with van der Waals surface area (Å²) in [6, 6.07) is 4.12. The van der Waals surface area contributed by atoms with Crippen LogP contribution in [-0.4, -0.2) is 18.8 Å². The smallest absolute Gasteiger partial charge is 0.406 e. The maximum atomic E-state index is 12.0. The minimum absolute atomic E-state index is 0.266. The number of ether oxygens (including phenoxy) is 1. The lowest BCUT2D eigenvalue weighted by Crippen LogP contribution is -2.42. The molecule has 0 aliphatic heterocycles. The molecule has 0 amide bonds. The van der Waals surface area contributed by atoms with Crippen LogP contribution in [0.4, 0.5) is 13.2 Å². The van der Waals surface area contributed by atoms with Gasteiger partial charge in [0.25, 0.3) is 0 Å². The molecular formula is C9H9ClF3NO. The van der Waals surface area contributed by atoms with E-state index in [2.05, 4.69) is 0 Å². The molecule has 0 radical (unpaired) electrons. The van der Waals surface area contributed by atoms with Gasteiger partial charge in [-0.2, -0.15) is 13.2 Å². The van der Waals surface area contributed by atoms with E-state index in [1.165, 1.54) is 12.1 Å². The Morgan fingerprint density at radius 1 is 1.40 bits per heavy atom. The molecule has 1 atom stereocenters. The molecule has 0 heterocycles. The van der Waals surface area contributed by atoms with Crippen molar-refractivity contribution in [3.05, 3.63) is 29.3 Å². The van der Waals surface area contributed by atoms with Crippen LogP contribution >= 0.6 is 11.6 Å². The molecule has 0 bridgehead atoms. The average molecular weight is 240 g/mol. The molecule has 0 aliphatic rings. The highest BCUT2D eigenvalue weighted by molar-refractivity contribution is 6.30. The van der Waals surface area contributed by atoms with Crippen molar-refractivity contribution in [2.45, 2.75) is 12.2 Å². The normalized spacial score (nSPS) is 13.7. The van der Waals surface area contributed by atoms with E-state index in [0.29, 0.717) is 5.02 Å². The van der Waals surface area contributed by atoms with E-state index in [0.717, 1.165) is 0 Å². The largest absolute Gasteiger partial charge is 0.492 e. The summed E-state index contributed by atoms with van der Waals surface area (Å²) >= 11 is 5.62. The molecule has 2 N–H and O–H groups in total. The van der Waals surface area contributed by atoms with E-state index in [9.17, 15) is 13.2 Å². The zero-order valence-corrected chi connectivity index (χ0v) is 8.35. The van der Waals surface area contributed by atoms with Crippen LogP contribution in [0.15, 0.2) is 24.3 Å². The maximum Gasteiger partial charge on any atom is 0.406 e. The van der Waals surface area contributed by atoms with Gasteiger partial charge in [-0.05, 0) is 18.2 Å². The molecule has 0 aliphatic carbocycles. The Morgan fingerprint density at radius 2 is 2.07 bits per heavy atom. The number of benzene rings is 1. The fourth-order valence-electron chi connectivity index (χ4n) is 0.837. The molecule has 15 heavy (non-hydrogen) atoms.